The maximum Gasteiger partial charge on any atom is 0.220 e. The van der Waals surface area contributed by atoms with Crippen LogP contribution in [-0.4, -0.2) is 46.1 Å². The van der Waals surface area contributed by atoms with Crippen molar-refractivity contribution in [3.05, 3.63) is 60.8 Å². The van der Waals surface area contributed by atoms with Crippen LogP contribution in [0.3, 0.4) is 0 Å². The zero-order valence-electron chi connectivity index (χ0n) is 27.8. The van der Waals surface area contributed by atoms with E-state index in [2.05, 4.69) is 49.5 Å². The molecule has 43 heavy (non-hydrogen) atoms. The Morgan fingerprint density at radius 1 is 0.628 bits per heavy atom. The second kappa shape index (κ2) is 33.0. The highest BCUT2D eigenvalue weighted by molar-refractivity contribution is 5.76. The van der Waals surface area contributed by atoms with Gasteiger partial charge in [0.2, 0.25) is 5.91 Å². The van der Waals surface area contributed by atoms with Gasteiger partial charge in [-0.3, -0.25) is 4.79 Å². The molecule has 0 aliphatic heterocycles. The van der Waals surface area contributed by atoms with Crippen LogP contribution in [0.4, 0.5) is 0 Å². The molecule has 5 nitrogen and oxygen atoms in total. The van der Waals surface area contributed by atoms with E-state index in [1.165, 1.54) is 77.0 Å². The molecule has 0 rings (SSSR count). The lowest BCUT2D eigenvalue weighted by Gasteiger charge is -2.19. The van der Waals surface area contributed by atoms with Crippen molar-refractivity contribution >= 4 is 5.91 Å². The summed E-state index contributed by atoms with van der Waals surface area (Å²) in [5.74, 6) is -0.139. The van der Waals surface area contributed by atoms with Gasteiger partial charge >= 0.3 is 0 Å². The molecule has 0 aliphatic carbocycles. The molecule has 0 radical (unpaired) electrons. The molecule has 0 bridgehead atoms. The van der Waals surface area contributed by atoms with E-state index in [4.69, 9.17) is 0 Å². The van der Waals surface area contributed by atoms with Crippen molar-refractivity contribution in [2.45, 2.75) is 167 Å². The number of amides is 1. The monoisotopic (exact) mass is 602 g/mol. The SMILES string of the molecule is CCCCCCCCCCCCC/C=C/[C@@H](O)[C@H](CO)NC(=O)CCC/C=C\C/C=C\C/C=C\C=C\[C@@H](O)CCCCC. The topological polar surface area (TPSA) is 89.8 Å². The smallest absolute Gasteiger partial charge is 0.220 e. The lowest BCUT2D eigenvalue weighted by Crippen LogP contribution is -2.45. The van der Waals surface area contributed by atoms with Gasteiger partial charge < -0.3 is 20.6 Å². The summed E-state index contributed by atoms with van der Waals surface area (Å²) < 4.78 is 0. The third-order valence-electron chi connectivity index (χ3n) is 7.60. The minimum Gasteiger partial charge on any atom is -0.394 e. The molecule has 0 heterocycles. The Morgan fingerprint density at radius 2 is 1.19 bits per heavy atom. The number of carbonyl (C=O) groups excluding carboxylic acids is 1. The van der Waals surface area contributed by atoms with Gasteiger partial charge in [0.15, 0.2) is 0 Å². The Labute approximate surface area is 265 Å². The second-order valence-corrected chi connectivity index (χ2v) is 11.8. The number of allylic oxidation sites excluding steroid dienone is 8. The average Bonchev–Trinajstić information content (AvgIpc) is 3.00. The average molecular weight is 602 g/mol. The maximum absolute atomic E-state index is 12.3. The quantitative estimate of drug-likeness (QED) is 0.0375. The molecule has 0 saturated heterocycles. The van der Waals surface area contributed by atoms with E-state index < -0.39 is 12.1 Å². The second-order valence-electron chi connectivity index (χ2n) is 11.8. The Balaban J connectivity index is 3.85. The molecule has 0 unspecified atom stereocenters. The summed E-state index contributed by atoms with van der Waals surface area (Å²) in [6.45, 7) is 4.14. The van der Waals surface area contributed by atoms with Crippen LogP contribution in [0.2, 0.25) is 0 Å². The first-order valence-electron chi connectivity index (χ1n) is 17.6. The van der Waals surface area contributed by atoms with E-state index in [9.17, 15) is 20.1 Å². The van der Waals surface area contributed by atoms with E-state index >= 15 is 0 Å². The molecule has 0 fully saturated rings. The van der Waals surface area contributed by atoms with Crippen molar-refractivity contribution in [1.82, 2.24) is 5.32 Å². The van der Waals surface area contributed by atoms with Gasteiger partial charge in [-0.1, -0.05) is 158 Å². The third-order valence-corrected chi connectivity index (χ3v) is 7.60. The van der Waals surface area contributed by atoms with Crippen LogP contribution in [0.5, 0.6) is 0 Å². The Morgan fingerprint density at radius 3 is 1.84 bits per heavy atom. The summed E-state index contributed by atoms with van der Waals surface area (Å²) in [4.78, 5) is 12.3. The van der Waals surface area contributed by atoms with Crippen LogP contribution in [0.25, 0.3) is 0 Å². The van der Waals surface area contributed by atoms with Crippen molar-refractivity contribution in [2.24, 2.45) is 0 Å². The highest BCUT2D eigenvalue weighted by Crippen LogP contribution is 2.12. The highest BCUT2D eigenvalue weighted by Gasteiger charge is 2.17. The Bertz CT molecular complexity index is 755. The van der Waals surface area contributed by atoms with Gasteiger partial charge in [0.05, 0.1) is 24.9 Å². The third kappa shape index (κ3) is 29.9. The molecule has 5 heteroatoms. The van der Waals surface area contributed by atoms with Crippen LogP contribution in [0.1, 0.15) is 149 Å². The largest absolute Gasteiger partial charge is 0.394 e. The standard InChI is InChI=1S/C38H67NO4/c1-3-5-7-8-9-10-11-12-15-18-21-24-28-32-37(42)36(34-40)39-38(43)33-29-25-22-19-16-13-14-17-20-23-27-31-35(41)30-26-6-4-2/h13-14,19-20,22-23,27-28,31-32,35-37,40-42H,3-12,15-18,21,24-26,29-30,33-34H2,1-2H3,(H,39,43)/b14-13-,22-19-,23-20-,31-27+,32-28+/t35-,36-,37+/m0/s1. The molecule has 4 N–H and O–H groups in total. The zero-order valence-corrected chi connectivity index (χ0v) is 27.8. The van der Waals surface area contributed by atoms with Gasteiger partial charge in [-0.25, -0.2) is 0 Å². The minimum absolute atomic E-state index is 0.139. The van der Waals surface area contributed by atoms with Gasteiger partial charge in [-0.05, 0) is 44.9 Å². The van der Waals surface area contributed by atoms with Crippen LogP contribution >= 0.6 is 0 Å². The highest BCUT2D eigenvalue weighted by atomic mass is 16.3. The van der Waals surface area contributed by atoms with Crippen molar-refractivity contribution < 1.29 is 20.1 Å². The van der Waals surface area contributed by atoms with Gasteiger partial charge in [0.1, 0.15) is 0 Å². The van der Waals surface area contributed by atoms with Crippen molar-refractivity contribution in [2.75, 3.05) is 6.61 Å². The molecule has 0 aromatic rings. The number of rotatable bonds is 30. The number of nitrogens with one attached hydrogen (secondary N) is 1. The van der Waals surface area contributed by atoms with Crippen LogP contribution in [-0.2, 0) is 4.79 Å². The van der Waals surface area contributed by atoms with Crippen LogP contribution in [0.15, 0.2) is 60.8 Å². The molecular formula is C38H67NO4. The summed E-state index contributed by atoms with van der Waals surface area (Å²) in [6, 6.07) is -0.665. The zero-order chi connectivity index (χ0) is 31.6. The van der Waals surface area contributed by atoms with Gasteiger partial charge in [0, 0.05) is 6.42 Å². The Hall–Kier alpha value is -1.95. The van der Waals surface area contributed by atoms with Crippen LogP contribution < -0.4 is 5.32 Å². The molecule has 0 aliphatic rings. The van der Waals surface area contributed by atoms with Gasteiger partial charge in [-0.15, -0.1) is 0 Å². The molecule has 0 saturated carbocycles. The first-order valence-corrected chi connectivity index (χ1v) is 17.6. The van der Waals surface area contributed by atoms with E-state index in [0.29, 0.717) is 6.42 Å². The van der Waals surface area contributed by atoms with E-state index in [-0.39, 0.29) is 18.6 Å². The number of hydrogen-bond acceptors (Lipinski definition) is 4. The fraction of sp³-hybridized carbons (Fsp3) is 0.711. The van der Waals surface area contributed by atoms with Gasteiger partial charge in [-0.2, -0.15) is 0 Å². The van der Waals surface area contributed by atoms with Crippen molar-refractivity contribution in [1.29, 1.82) is 0 Å². The number of aliphatic hydroxyl groups is 3. The summed E-state index contributed by atoms with van der Waals surface area (Å²) in [5, 5.41) is 32.6. The molecule has 0 spiro atoms. The van der Waals surface area contributed by atoms with E-state index in [1.807, 2.05) is 24.3 Å². The molecule has 1 amide bonds. The Kier molecular flexibility index (Phi) is 31.5. The summed E-state index contributed by atoms with van der Waals surface area (Å²) in [6.07, 6.45) is 41.9. The molecular weight excluding hydrogens is 534 g/mol. The molecule has 0 aromatic carbocycles. The normalized spacial score (nSPS) is 14.6. The summed E-state index contributed by atoms with van der Waals surface area (Å²) in [5.41, 5.74) is 0. The fourth-order valence-electron chi connectivity index (χ4n) is 4.81. The first kappa shape index (κ1) is 41.0. The molecule has 0 aromatic heterocycles. The summed E-state index contributed by atoms with van der Waals surface area (Å²) >= 11 is 0. The van der Waals surface area contributed by atoms with Crippen molar-refractivity contribution in [3.8, 4) is 0 Å². The lowest BCUT2D eigenvalue weighted by atomic mass is 10.0. The number of carbonyl (C=O) groups is 1. The predicted molar refractivity (Wildman–Crippen MR) is 185 cm³/mol. The maximum atomic E-state index is 12.3. The van der Waals surface area contributed by atoms with E-state index in [0.717, 1.165) is 51.4 Å². The fourth-order valence-corrected chi connectivity index (χ4v) is 4.81. The first-order chi connectivity index (χ1) is 21.0. The van der Waals surface area contributed by atoms with Crippen LogP contribution in [0, 0.1) is 0 Å². The van der Waals surface area contributed by atoms with Crippen molar-refractivity contribution in [3.63, 3.8) is 0 Å². The summed E-state index contributed by atoms with van der Waals surface area (Å²) in [7, 11) is 0. The van der Waals surface area contributed by atoms with E-state index in [1.54, 1.807) is 6.08 Å². The lowest BCUT2D eigenvalue weighted by molar-refractivity contribution is -0.122. The minimum atomic E-state index is -0.874. The predicted octanol–water partition coefficient (Wildman–Crippen LogP) is 9.20. The number of unbranched alkanes of at least 4 members (excludes halogenated alkanes) is 14. The molecule has 3 atom stereocenters. The number of hydrogen-bond donors (Lipinski definition) is 4. The molecule has 248 valence electrons. The number of aliphatic hydroxyl groups excluding tert-OH is 3. The van der Waals surface area contributed by atoms with Gasteiger partial charge in [0.25, 0.3) is 0 Å².